The third kappa shape index (κ3) is 1.95. The Bertz CT molecular complexity index is 552. The van der Waals surface area contributed by atoms with Gasteiger partial charge in [-0.3, -0.25) is 0 Å². The lowest BCUT2D eigenvalue weighted by atomic mass is 9.55. The lowest BCUT2D eigenvalue weighted by Crippen LogP contribution is -2.40. The zero-order chi connectivity index (χ0) is 14.6. The molecule has 0 amide bonds. The van der Waals surface area contributed by atoms with E-state index in [2.05, 4.69) is 25.1 Å². The molecule has 21 heavy (non-hydrogen) atoms. The third-order valence-corrected chi connectivity index (χ3v) is 6.77. The van der Waals surface area contributed by atoms with Crippen LogP contribution >= 0.6 is 0 Å². The van der Waals surface area contributed by atoms with Gasteiger partial charge in [0.05, 0.1) is 13.2 Å². The van der Waals surface area contributed by atoms with Crippen molar-refractivity contribution < 1.29 is 9.84 Å². The standard InChI is InChI=1S/C19H26O2/c1-19-8-3-4-17(19)15-11-18(20)16-10-12(21-2)5-6-13(16)14(15)7-9-19/h5-6,10,14-15,17-18,20H,3-4,7-9,11H2,1-2H3/t14?,15?,17?,18?,19-/m0/s1. The van der Waals surface area contributed by atoms with Gasteiger partial charge in [-0.1, -0.05) is 19.4 Å². The molecule has 2 saturated carbocycles. The zero-order valence-electron chi connectivity index (χ0n) is 13.1. The number of aliphatic hydroxyl groups excluding tert-OH is 1. The molecule has 0 spiro atoms. The predicted octanol–water partition coefficient (Wildman–Crippen LogP) is 4.43. The van der Waals surface area contributed by atoms with E-state index in [-0.39, 0.29) is 6.10 Å². The average molecular weight is 286 g/mol. The van der Waals surface area contributed by atoms with Gasteiger partial charge < -0.3 is 9.84 Å². The van der Waals surface area contributed by atoms with E-state index in [1.165, 1.54) is 37.7 Å². The second-order valence-corrected chi connectivity index (χ2v) is 7.71. The van der Waals surface area contributed by atoms with Crippen LogP contribution in [-0.4, -0.2) is 12.2 Å². The third-order valence-electron chi connectivity index (χ3n) is 6.77. The Morgan fingerprint density at radius 2 is 2.05 bits per heavy atom. The van der Waals surface area contributed by atoms with Crippen LogP contribution in [0.25, 0.3) is 0 Å². The van der Waals surface area contributed by atoms with Crippen LogP contribution in [0.3, 0.4) is 0 Å². The minimum Gasteiger partial charge on any atom is -0.497 e. The summed E-state index contributed by atoms with van der Waals surface area (Å²) in [5.41, 5.74) is 3.07. The van der Waals surface area contributed by atoms with Crippen molar-refractivity contribution in [2.24, 2.45) is 17.3 Å². The molecule has 0 radical (unpaired) electrons. The molecule has 3 aliphatic rings. The molecule has 0 aromatic heterocycles. The van der Waals surface area contributed by atoms with Gasteiger partial charge in [0.2, 0.25) is 0 Å². The quantitative estimate of drug-likeness (QED) is 0.827. The van der Waals surface area contributed by atoms with Gasteiger partial charge in [-0.15, -0.1) is 0 Å². The number of hydrogen-bond acceptors (Lipinski definition) is 2. The van der Waals surface area contributed by atoms with Crippen molar-refractivity contribution in [1.29, 1.82) is 0 Å². The van der Waals surface area contributed by atoms with Crippen molar-refractivity contribution in [3.63, 3.8) is 0 Å². The minimum atomic E-state index is -0.306. The maximum absolute atomic E-state index is 10.7. The van der Waals surface area contributed by atoms with Gasteiger partial charge in [-0.05, 0) is 78.5 Å². The summed E-state index contributed by atoms with van der Waals surface area (Å²) < 4.78 is 5.34. The van der Waals surface area contributed by atoms with Crippen molar-refractivity contribution in [1.82, 2.24) is 0 Å². The van der Waals surface area contributed by atoms with E-state index in [1.807, 2.05) is 0 Å². The Hall–Kier alpha value is -1.02. The van der Waals surface area contributed by atoms with Crippen molar-refractivity contribution in [2.75, 3.05) is 7.11 Å². The van der Waals surface area contributed by atoms with Crippen LogP contribution in [0.15, 0.2) is 18.2 Å². The summed E-state index contributed by atoms with van der Waals surface area (Å²) in [5.74, 6) is 3.03. The molecule has 2 nitrogen and oxygen atoms in total. The fourth-order valence-electron chi connectivity index (χ4n) is 5.69. The Kier molecular flexibility index (Phi) is 3.08. The molecule has 3 aliphatic carbocycles. The number of hydrogen-bond donors (Lipinski definition) is 1. The van der Waals surface area contributed by atoms with Crippen molar-refractivity contribution in [3.8, 4) is 5.75 Å². The number of fused-ring (bicyclic) bond motifs is 5. The minimum absolute atomic E-state index is 0.306. The highest BCUT2D eigenvalue weighted by Gasteiger charge is 2.51. The summed E-state index contributed by atoms with van der Waals surface area (Å²) >= 11 is 0. The number of ether oxygens (including phenoxy) is 1. The molecule has 0 aliphatic heterocycles. The van der Waals surface area contributed by atoms with E-state index in [1.54, 1.807) is 7.11 Å². The summed E-state index contributed by atoms with van der Waals surface area (Å²) in [6, 6.07) is 6.33. The highest BCUT2D eigenvalue weighted by molar-refractivity contribution is 5.42. The van der Waals surface area contributed by atoms with Crippen LogP contribution in [0.1, 0.15) is 68.6 Å². The van der Waals surface area contributed by atoms with Gasteiger partial charge in [-0.25, -0.2) is 0 Å². The summed E-state index contributed by atoms with van der Waals surface area (Å²) in [6.07, 6.45) is 7.45. The molecule has 4 rings (SSSR count). The van der Waals surface area contributed by atoms with E-state index in [0.29, 0.717) is 17.3 Å². The molecular weight excluding hydrogens is 260 g/mol. The number of methoxy groups -OCH3 is 1. The molecule has 0 saturated heterocycles. The summed E-state index contributed by atoms with van der Waals surface area (Å²) in [6.45, 7) is 2.50. The molecule has 4 unspecified atom stereocenters. The van der Waals surface area contributed by atoms with Crippen molar-refractivity contribution in [2.45, 2.75) is 57.5 Å². The maximum atomic E-state index is 10.7. The van der Waals surface area contributed by atoms with E-state index in [9.17, 15) is 5.11 Å². The normalized spacial score (nSPS) is 41.1. The van der Waals surface area contributed by atoms with Crippen molar-refractivity contribution >= 4 is 0 Å². The van der Waals surface area contributed by atoms with Gasteiger partial charge in [0, 0.05) is 0 Å². The Morgan fingerprint density at radius 1 is 1.19 bits per heavy atom. The Morgan fingerprint density at radius 3 is 2.86 bits per heavy atom. The lowest BCUT2D eigenvalue weighted by Gasteiger charge is -2.50. The average Bonchev–Trinajstić information content (AvgIpc) is 2.89. The molecule has 114 valence electrons. The molecule has 0 bridgehead atoms. The van der Waals surface area contributed by atoms with Gasteiger partial charge in [0.25, 0.3) is 0 Å². The number of benzene rings is 1. The second-order valence-electron chi connectivity index (χ2n) is 7.71. The van der Waals surface area contributed by atoms with Gasteiger partial charge >= 0.3 is 0 Å². The van der Waals surface area contributed by atoms with Crippen LogP contribution in [0.2, 0.25) is 0 Å². The number of rotatable bonds is 1. The van der Waals surface area contributed by atoms with Gasteiger partial charge in [0.15, 0.2) is 0 Å². The van der Waals surface area contributed by atoms with E-state index in [4.69, 9.17) is 4.74 Å². The second kappa shape index (κ2) is 4.74. The Labute approximate surface area is 127 Å². The first-order valence-electron chi connectivity index (χ1n) is 8.48. The van der Waals surface area contributed by atoms with Crippen LogP contribution in [0.4, 0.5) is 0 Å². The molecule has 5 atom stereocenters. The molecule has 0 heterocycles. The fraction of sp³-hybridized carbons (Fsp3) is 0.684. The predicted molar refractivity (Wildman–Crippen MR) is 83.5 cm³/mol. The van der Waals surface area contributed by atoms with Gasteiger partial charge in [0.1, 0.15) is 5.75 Å². The lowest BCUT2D eigenvalue weighted by molar-refractivity contribution is 0.0180. The van der Waals surface area contributed by atoms with Crippen molar-refractivity contribution in [3.05, 3.63) is 29.3 Å². The highest BCUT2D eigenvalue weighted by atomic mass is 16.5. The summed E-state index contributed by atoms with van der Waals surface area (Å²) in [7, 11) is 1.70. The number of aliphatic hydroxyl groups is 1. The summed E-state index contributed by atoms with van der Waals surface area (Å²) in [4.78, 5) is 0. The van der Waals surface area contributed by atoms with Crippen LogP contribution in [0, 0.1) is 17.3 Å². The Balaban J connectivity index is 1.74. The molecule has 2 fully saturated rings. The van der Waals surface area contributed by atoms with Crippen LogP contribution < -0.4 is 4.74 Å². The van der Waals surface area contributed by atoms with E-state index >= 15 is 0 Å². The topological polar surface area (TPSA) is 29.5 Å². The first-order valence-corrected chi connectivity index (χ1v) is 8.48. The molecular formula is C19H26O2. The molecule has 1 aromatic carbocycles. The highest BCUT2D eigenvalue weighted by Crippen LogP contribution is 2.62. The first-order chi connectivity index (χ1) is 10.1. The SMILES string of the molecule is COc1ccc2c(c1)C(O)CC1C2CC[C@]2(C)CCCC12. The van der Waals surface area contributed by atoms with Gasteiger partial charge in [-0.2, -0.15) is 0 Å². The molecule has 2 heteroatoms. The van der Waals surface area contributed by atoms with Crippen LogP contribution in [-0.2, 0) is 0 Å². The van der Waals surface area contributed by atoms with E-state index < -0.39 is 0 Å². The zero-order valence-corrected chi connectivity index (χ0v) is 13.1. The van der Waals surface area contributed by atoms with Crippen LogP contribution in [0.5, 0.6) is 5.75 Å². The molecule has 1 N–H and O–H groups in total. The molecule has 1 aromatic rings. The first kappa shape index (κ1) is 13.6. The smallest absolute Gasteiger partial charge is 0.119 e. The maximum Gasteiger partial charge on any atom is 0.119 e. The fourth-order valence-corrected chi connectivity index (χ4v) is 5.69. The van der Waals surface area contributed by atoms with E-state index in [0.717, 1.165) is 23.7 Å². The monoisotopic (exact) mass is 286 g/mol. The summed E-state index contributed by atoms with van der Waals surface area (Å²) in [5, 5.41) is 10.7. The largest absolute Gasteiger partial charge is 0.497 e.